The third kappa shape index (κ3) is 3.14. The van der Waals surface area contributed by atoms with E-state index in [1.807, 2.05) is 42.5 Å². The highest BCUT2D eigenvalue weighted by atomic mass is 16.1. The van der Waals surface area contributed by atoms with Crippen molar-refractivity contribution in [2.75, 3.05) is 0 Å². The molecule has 0 atom stereocenters. The van der Waals surface area contributed by atoms with Crippen LogP contribution in [0.3, 0.4) is 0 Å². The SMILES string of the molecule is C=C=Nc1ccccc1Cc1ccccc1N=C=O. The van der Waals surface area contributed by atoms with E-state index in [0.717, 1.165) is 16.8 Å². The number of hydrogen-bond acceptors (Lipinski definition) is 3. The smallest absolute Gasteiger partial charge is 0.211 e. The molecule has 0 bridgehead atoms. The van der Waals surface area contributed by atoms with Crippen LogP contribution in [0.25, 0.3) is 0 Å². The van der Waals surface area contributed by atoms with Gasteiger partial charge in [-0.3, -0.25) is 0 Å². The van der Waals surface area contributed by atoms with Crippen molar-refractivity contribution in [2.24, 2.45) is 9.98 Å². The van der Waals surface area contributed by atoms with Gasteiger partial charge in [0.15, 0.2) is 0 Å². The fourth-order valence-electron chi connectivity index (χ4n) is 1.88. The van der Waals surface area contributed by atoms with Gasteiger partial charge in [-0.2, -0.15) is 4.99 Å². The van der Waals surface area contributed by atoms with Crippen LogP contribution in [0.2, 0.25) is 0 Å². The number of rotatable bonds is 4. The van der Waals surface area contributed by atoms with Crippen LogP contribution in [0.5, 0.6) is 0 Å². The van der Waals surface area contributed by atoms with Crippen molar-refractivity contribution in [3.63, 3.8) is 0 Å². The Bertz CT molecular complexity index is 619. The molecule has 2 rings (SSSR count). The van der Waals surface area contributed by atoms with E-state index in [9.17, 15) is 4.79 Å². The number of hydrogen-bond donors (Lipinski definition) is 0. The minimum Gasteiger partial charge on any atom is -0.211 e. The van der Waals surface area contributed by atoms with Gasteiger partial charge in [0.05, 0.1) is 11.4 Å². The third-order valence-electron chi connectivity index (χ3n) is 2.73. The molecule has 0 radical (unpaired) electrons. The van der Waals surface area contributed by atoms with Gasteiger partial charge in [0.25, 0.3) is 0 Å². The van der Waals surface area contributed by atoms with Crippen LogP contribution in [-0.2, 0) is 11.2 Å². The first kappa shape index (κ1) is 12.7. The van der Waals surface area contributed by atoms with E-state index in [-0.39, 0.29) is 0 Å². The van der Waals surface area contributed by atoms with E-state index in [4.69, 9.17) is 0 Å². The monoisotopic (exact) mass is 248 g/mol. The lowest BCUT2D eigenvalue weighted by atomic mass is 10.0. The lowest BCUT2D eigenvalue weighted by Crippen LogP contribution is -1.89. The molecule has 92 valence electrons. The molecule has 3 heteroatoms. The minimum atomic E-state index is 0.634. The highest BCUT2D eigenvalue weighted by Gasteiger charge is 2.05. The van der Waals surface area contributed by atoms with Crippen molar-refractivity contribution < 1.29 is 4.79 Å². The van der Waals surface area contributed by atoms with E-state index >= 15 is 0 Å². The van der Waals surface area contributed by atoms with Crippen molar-refractivity contribution in [3.05, 3.63) is 66.2 Å². The van der Waals surface area contributed by atoms with E-state index in [1.165, 1.54) is 0 Å². The summed E-state index contributed by atoms with van der Waals surface area (Å²) in [5.41, 5.74) is 3.45. The maximum atomic E-state index is 10.4. The average Bonchev–Trinajstić information content (AvgIpc) is 2.44. The molecule has 0 saturated carbocycles. The Morgan fingerprint density at radius 2 is 1.42 bits per heavy atom. The van der Waals surface area contributed by atoms with E-state index in [0.29, 0.717) is 12.1 Å². The first-order chi connectivity index (χ1) is 9.35. The van der Waals surface area contributed by atoms with Crippen LogP contribution in [0.1, 0.15) is 11.1 Å². The summed E-state index contributed by atoms with van der Waals surface area (Å²) in [6.07, 6.45) is 2.22. The second kappa shape index (κ2) is 6.27. The summed E-state index contributed by atoms with van der Waals surface area (Å²) in [6.45, 7) is 3.49. The fraction of sp³-hybridized carbons (Fsp3) is 0.0625. The maximum Gasteiger partial charge on any atom is 0.240 e. The molecule has 0 heterocycles. The zero-order valence-corrected chi connectivity index (χ0v) is 10.3. The number of para-hydroxylation sites is 2. The van der Waals surface area contributed by atoms with Crippen LogP contribution < -0.4 is 0 Å². The van der Waals surface area contributed by atoms with Gasteiger partial charge < -0.3 is 0 Å². The zero-order valence-electron chi connectivity index (χ0n) is 10.3. The topological polar surface area (TPSA) is 41.8 Å². The maximum absolute atomic E-state index is 10.4. The molecule has 19 heavy (non-hydrogen) atoms. The Kier molecular flexibility index (Phi) is 4.20. The Balaban J connectivity index is 2.41. The van der Waals surface area contributed by atoms with Crippen molar-refractivity contribution >= 4 is 23.3 Å². The summed E-state index contributed by atoms with van der Waals surface area (Å²) < 4.78 is 0. The predicted molar refractivity (Wildman–Crippen MR) is 76.2 cm³/mol. The molecule has 0 aromatic heterocycles. The number of carbonyl (C=O) groups excluding carboxylic acids is 1. The number of nitrogens with zero attached hydrogens (tertiary/aromatic N) is 2. The van der Waals surface area contributed by atoms with Crippen LogP contribution in [0.4, 0.5) is 11.4 Å². The largest absolute Gasteiger partial charge is 0.240 e. The van der Waals surface area contributed by atoms with E-state index < -0.39 is 0 Å². The van der Waals surface area contributed by atoms with Gasteiger partial charge in [-0.25, -0.2) is 9.79 Å². The number of benzene rings is 2. The molecule has 0 saturated heterocycles. The third-order valence-corrected chi connectivity index (χ3v) is 2.73. The van der Waals surface area contributed by atoms with Crippen molar-refractivity contribution in [1.29, 1.82) is 0 Å². The quantitative estimate of drug-likeness (QED) is 0.600. The Morgan fingerprint density at radius 1 is 0.895 bits per heavy atom. The van der Waals surface area contributed by atoms with Crippen LogP contribution in [0, 0.1) is 0 Å². The Labute approximate surface area is 111 Å². The summed E-state index contributed by atoms with van der Waals surface area (Å²) >= 11 is 0. The van der Waals surface area contributed by atoms with Crippen molar-refractivity contribution in [2.45, 2.75) is 6.42 Å². The predicted octanol–water partition coefficient (Wildman–Crippen LogP) is 3.73. The summed E-state index contributed by atoms with van der Waals surface area (Å²) in [6, 6.07) is 15.2. The van der Waals surface area contributed by atoms with Gasteiger partial charge in [0.1, 0.15) is 0 Å². The number of aliphatic imine (C=N–C) groups is 2. The minimum absolute atomic E-state index is 0.634. The average molecular weight is 248 g/mol. The van der Waals surface area contributed by atoms with Crippen LogP contribution >= 0.6 is 0 Å². The Morgan fingerprint density at radius 3 is 1.95 bits per heavy atom. The summed E-state index contributed by atoms with van der Waals surface area (Å²) in [7, 11) is 0. The molecule has 2 aromatic carbocycles. The molecule has 0 spiro atoms. The van der Waals surface area contributed by atoms with E-state index in [2.05, 4.69) is 22.4 Å². The molecular formula is C16H12N2O. The zero-order chi connectivity index (χ0) is 13.5. The first-order valence-electron chi connectivity index (χ1n) is 5.81. The molecular weight excluding hydrogens is 236 g/mol. The van der Waals surface area contributed by atoms with Gasteiger partial charge in [-0.15, -0.1) is 0 Å². The van der Waals surface area contributed by atoms with Gasteiger partial charge >= 0.3 is 0 Å². The molecule has 0 aliphatic heterocycles. The first-order valence-corrected chi connectivity index (χ1v) is 5.81. The molecule has 0 unspecified atom stereocenters. The fourth-order valence-corrected chi connectivity index (χ4v) is 1.88. The molecule has 0 aliphatic carbocycles. The molecule has 0 N–H and O–H groups in total. The second-order valence-corrected chi connectivity index (χ2v) is 3.91. The molecule has 0 amide bonds. The lowest BCUT2D eigenvalue weighted by molar-refractivity contribution is 0.565. The van der Waals surface area contributed by atoms with Gasteiger partial charge in [-0.05, 0) is 35.7 Å². The summed E-state index contributed by atoms with van der Waals surface area (Å²) in [5.74, 6) is 2.54. The highest BCUT2D eigenvalue weighted by Crippen LogP contribution is 2.26. The highest BCUT2D eigenvalue weighted by molar-refractivity contribution is 5.61. The van der Waals surface area contributed by atoms with Crippen LogP contribution in [-0.4, -0.2) is 11.9 Å². The Hall–Kier alpha value is -2.73. The van der Waals surface area contributed by atoms with Gasteiger partial charge in [-0.1, -0.05) is 36.4 Å². The molecule has 3 nitrogen and oxygen atoms in total. The normalized spacial score (nSPS) is 9.26. The molecule has 0 aliphatic rings. The van der Waals surface area contributed by atoms with Gasteiger partial charge in [0.2, 0.25) is 6.08 Å². The summed E-state index contributed by atoms with van der Waals surface area (Å²) in [5, 5.41) is 0. The van der Waals surface area contributed by atoms with E-state index in [1.54, 1.807) is 12.1 Å². The van der Waals surface area contributed by atoms with Gasteiger partial charge in [0, 0.05) is 6.42 Å². The standard InChI is InChI=1S/C16H12N2O/c1-2-17-15-9-5-3-7-13(15)11-14-8-4-6-10-16(14)18-12-19/h3-10H,1,11H2. The second-order valence-electron chi connectivity index (χ2n) is 3.91. The molecule has 0 fully saturated rings. The lowest BCUT2D eigenvalue weighted by Gasteiger charge is -2.06. The molecule has 2 aromatic rings. The van der Waals surface area contributed by atoms with Crippen molar-refractivity contribution in [3.8, 4) is 0 Å². The summed E-state index contributed by atoms with van der Waals surface area (Å²) in [4.78, 5) is 18.2. The number of isocyanates is 1. The van der Waals surface area contributed by atoms with Crippen LogP contribution in [0.15, 0.2) is 65.1 Å². The van der Waals surface area contributed by atoms with Crippen molar-refractivity contribution in [1.82, 2.24) is 0 Å².